The first-order chi connectivity index (χ1) is 10.2. The Balaban J connectivity index is 1.79. The molecular formula is C15H14ClN5. The summed E-state index contributed by atoms with van der Waals surface area (Å²) in [5.74, 6) is 0.568. The van der Waals surface area contributed by atoms with Crippen molar-refractivity contribution in [2.24, 2.45) is 0 Å². The van der Waals surface area contributed by atoms with Crippen molar-refractivity contribution in [1.29, 1.82) is 0 Å². The lowest BCUT2D eigenvalue weighted by molar-refractivity contribution is 0.565. The fourth-order valence-corrected chi connectivity index (χ4v) is 2.19. The third-order valence-corrected chi connectivity index (χ3v) is 3.49. The first kappa shape index (κ1) is 13.6. The number of halogens is 1. The van der Waals surface area contributed by atoms with Crippen LogP contribution in [0, 0.1) is 0 Å². The highest BCUT2D eigenvalue weighted by molar-refractivity contribution is 6.32. The van der Waals surface area contributed by atoms with Gasteiger partial charge in [-0.15, -0.1) is 0 Å². The molecule has 6 heteroatoms. The van der Waals surface area contributed by atoms with Crippen molar-refractivity contribution >= 4 is 23.1 Å². The molecule has 0 fully saturated rings. The smallest absolute Gasteiger partial charge is 0.152 e. The van der Waals surface area contributed by atoms with E-state index >= 15 is 0 Å². The van der Waals surface area contributed by atoms with Crippen molar-refractivity contribution in [3.05, 3.63) is 65.8 Å². The predicted octanol–water partition coefficient (Wildman–Crippen LogP) is 3.68. The van der Waals surface area contributed by atoms with Crippen LogP contribution in [0.5, 0.6) is 0 Å². The third-order valence-electron chi connectivity index (χ3n) is 3.21. The molecule has 1 aromatic carbocycles. The average Bonchev–Trinajstić information content (AvgIpc) is 2.98. The Bertz CT molecular complexity index is 726. The Morgan fingerprint density at radius 1 is 1.19 bits per heavy atom. The van der Waals surface area contributed by atoms with Crippen LogP contribution in [0.3, 0.4) is 0 Å². The second kappa shape index (κ2) is 5.93. The van der Waals surface area contributed by atoms with E-state index in [9.17, 15) is 0 Å². The van der Waals surface area contributed by atoms with Crippen LogP contribution in [-0.4, -0.2) is 19.7 Å². The quantitative estimate of drug-likeness (QED) is 0.798. The molecule has 1 N–H and O–H groups in total. The summed E-state index contributed by atoms with van der Waals surface area (Å²) >= 11 is 6.02. The highest BCUT2D eigenvalue weighted by Crippen LogP contribution is 2.23. The third kappa shape index (κ3) is 3.03. The van der Waals surface area contributed by atoms with Gasteiger partial charge in [0, 0.05) is 6.20 Å². The van der Waals surface area contributed by atoms with Gasteiger partial charge in [-0.2, -0.15) is 5.10 Å². The molecule has 3 rings (SSSR count). The van der Waals surface area contributed by atoms with Crippen LogP contribution in [0.25, 0.3) is 0 Å². The minimum atomic E-state index is 0.155. The lowest BCUT2D eigenvalue weighted by atomic mass is 10.1. The van der Waals surface area contributed by atoms with Gasteiger partial charge in [0.25, 0.3) is 0 Å². The van der Waals surface area contributed by atoms with Crippen LogP contribution >= 0.6 is 11.6 Å². The lowest BCUT2D eigenvalue weighted by Crippen LogP contribution is -2.06. The molecule has 1 atom stereocenters. The summed E-state index contributed by atoms with van der Waals surface area (Å²) in [7, 11) is 0. The minimum absolute atomic E-state index is 0.155. The van der Waals surface area contributed by atoms with Crippen molar-refractivity contribution in [3.8, 4) is 0 Å². The molecule has 0 spiro atoms. The van der Waals surface area contributed by atoms with Gasteiger partial charge < -0.3 is 5.32 Å². The molecule has 0 saturated carbocycles. The fourth-order valence-electron chi connectivity index (χ4n) is 2.04. The first-order valence-corrected chi connectivity index (χ1v) is 6.93. The molecule has 0 aliphatic carbocycles. The standard InChI is InChI=1S/C15H14ClN5/c1-11(12-5-3-2-4-6-12)21-9-13(7-19-21)20-15-14(16)8-17-10-18-15/h2-11H,1H3,(H,17,18,20). The van der Waals surface area contributed by atoms with Crippen LogP contribution in [0.1, 0.15) is 18.5 Å². The van der Waals surface area contributed by atoms with Crippen LogP contribution in [0.4, 0.5) is 11.5 Å². The van der Waals surface area contributed by atoms with Gasteiger partial charge >= 0.3 is 0 Å². The van der Waals surface area contributed by atoms with Crippen LogP contribution < -0.4 is 5.32 Å². The van der Waals surface area contributed by atoms with E-state index in [1.54, 1.807) is 12.4 Å². The zero-order chi connectivity index (χ0) is 14.7. The second-order valence-electron chi connectivity index (χ2n) is 4.64. The van der Waals surface area contributed by atoms with E-state index in [1.165, 1.54) is 11.9 Å². The Morgan fingerprint density at radius 2 is 2.00 bits per heavy atom. The van der Waals surface area contributed by atoms with Gasteiger partial charge in [0.2, 0.25) is 0 Å². The van der Waals surface area contributed by atoms with E-state index in [4.69, 9.17) is 11.6 Å². The Morgan fingerprint density at radius 3 is 2.76 bits per heavy atom. The summed E-state index contributed by atoms with van der Waals surface area (Å²) in [6, 6.07) is 10.4. The molecule has 5 nitrogen and oxygen atoms in total. The SMILES string of the molecule is CC(c1ccccc1)n1cc(Nc2ncncc2Cl)cn1. The average molecular weight is 300 g/mol. The number of aromatic nitrogens is 4. The summed E-state index contributed by atoms with van der Waals surface area (Å²) in [6.07, 6.45) is 6.67. The van der Waals surface area contributed by atoms with Crippen molar-refractivity contribution < 1.29 is 0 Å². The molecule has 0 radical (unpaired) electrons. The number of nitrogens with zero attached hydrogens (tertiary/aromatic N) is 4. The molecule has 0 aliphatic heterocycles. The van der Waals surface area contributed by atoms with Crippen molar-refractivity contribution in [3.63, 3.8) is 0 Å². The summed E-state index contributed by atoms with van der Waals surface area (Å²) in [4.78, 5) is 7.95. The molecule has 2 aromatic heterocycles. The van der Waals surface area contributed by atoms with Gasteiger partial charge in [-0.1, -0.05) is 41.9 Å². The number of anilines is 2. The molecule has 21 heavy (non-hydrogen) atoms. The topological polar surface area (TPSA) is 55.6 Å². The maximum Gasteiger partial charge on any atom is 0.152 e. The number of nitrogens with one attached hydrogen (secondary N) is 1. The minimum Gasteiger partial charge on any atom is -0.336 e. The molecule has 106 valence electrons. The van der Waals surface area contributed by atoms with E-state index in [1.807, 2.05) is 29.1 Å². The zero-order valence-corrected chi connectivity index (χ0v) is 12.2. The van der Waals surface area contributed by atoms with Gasteiger partial charge in [0.15, 0.2) is 5.82 Å². The van der Waals surface area contributed by atoms with Crippen LogP contribution in [-0.2, 0) is 0 Å². The first-order valence-electron chi connectivity index (χ1n) is 6.55. The van der Waals surface area contributed by atoms with Gasteiger partial charge in [0.05, 0.1) is 24.1 Å². The Hall–Kier alpha value is -2.40. The molecule has 0 bridgehead atoms. The fraction of sp³-hybridized carbons (Fsp3) is 0.133. The maximum absolute atomic E-state index is 6.02. The van der Waals surface area contributed by atoms with Crippen molar-refractivity contribution in [1.82, 2.24) is 19.7 Å². The van der Waals surface area contributed by atoms with Crippen LogP contribution in [0.2, 0.25) is 5.02 Å². The number of benzene rings is 1. The zero-order valence-electron chi connectivity index (χ0n) is 11.4. The number of rotatable bonds is 4. The summed E-state index contributed by atoms with van der Waals surface area (Å²) in [5, 5.41) is 7.99. The van der Waals surface area contributed by atoms with Gasteiger partial charge in [-0.05, 0) is 12.5 Å². The number of hydrogen-bond donors (Lipinski definition) is 1. The van der Waals surface area contributed by atoms with E-state index in [-0.39, 0.29) is 6.04 Å². The molecular weight excluding hydrogens is 286 g/mol. The summed E-state index contributed by atoms with van der Waals surface area (Å²) in [5.41, 5.74) is 2.03. The van der Waals surface area contributed by atoms with Crippen LogP contribution in [0.15, 0.2) is 55.2 Å². The van der Waals surface area contributed by atoms with Gasteiger partial charge in [-0.25, -0.2) is 9.97 Å². The van der Waals surface area contributed by atoms with Crippen molar-refractivity contribution in [2.45, 2.75) is 13.0 Å². The van der Waals surface area contributed by atoms with Gasteiger partial charge in [0.1, 0.15) is 11.3 Å². The lowest BCUT2D eigenvalue weighted by Gasteiger charge is -2.12. The van der Waals surface area contributed by atoms with E-state index in [0.29, 0.717) is 10.8 Å². The molecule has 0 saturated heterocycles. The molecule has 2 heterocycles. The monoisotopic (exact) mass is 299 g/mol. The van der Waals surface area contributed by atoms with E-state index < -0.39 is 0 Å². The Labute approximate surface area is 127 Å². The molecule has 3 aromatic rings. The highest BCUT2D eigenvalue weighted by Gasteiger charge is 2.10. The Kier molecular flexibility index (Phi) is 3.83. The normalized spacial score (nSPS) is 12.1. The summed E-state index contributed by atoms with van der Waals surface area (Å²) < 4.78 is 1.90. The van der Waals surface area contributed by atoms with E-state index in [2.05, 4.69) is 39.4 Å². The molecule has 1 unspecified atom stereocenters. The second-order valence-corrected chi connectivity index (χ2v) is 5.05. The predicted molar refractivity (Wildman–Crippen MR) is 82.8 cm³/mol. The maximum atomic E-state index is 6.02. The van der Waals surface area contributed by atoms with Crippen molar-refractivity contribution in [2.75, 3.05) is 5.32 Å². The largest absolute Gasteiger partial charge is 0.336 e. The molecule has 0 aliphatic rings. The number of hydrogen-bond acceptors (Lipinski definition) is 4. The van der Waals surface area contributed by atoms with Gasteiger partial charge in [-0.3, -0.25) is 4.68 Å². The van der Waals surface area contributed by atoms with E-state index in [0.717, 1.165) is 5.69 Å². The highest BCUT2D eigenvalue weighted by atomic mass is 35.5. The summed E-state index contributed by atoms with van der Waals surface area (Å²) in [6.45, 7) is 2.10. The molecule has 0 amide bonds.